The van der Waals surface area contributed by atoms with Crippen molar-refractivity contribution in [1.29, 1.82) is 0 Å². The lowest BCUT2D eigenvalue weighted by atomic mass is 9.83. The zero-order chi connectivity index (χ0) is 92.9. The summed E-state index contributed by atoms with van der Waals surface area (Å²) < 4.78 is 374. The molecule has 0 saturated carbocycles. The largest absolute Gasteiger partial charge is 0.416 e. The second-order valence-electron chi connectivity index (χ2n) is 36.2. The molecule has 0 aliphatic carbocycles. The topological polar surface area (TPSA) is 109 Å². The second-order valence-corrected chi connectivity index (χ2v) is 36.2. The van der Waals surface area contributed by atoms with Crippen molar-refractivity contribution in [2.24, 2.45) is 0 Å². The van der Waals surface area contributed by atoms with Crippen LogP contribution in [0, 0.1) is 0 Å². The van der Waals surface area contributed by atoms with Crippen molar-refractivity contribution in [3.05, 3.63) is 237 Å². The van der Waals surface area contributed by atoms with E-state index in [-0.39, 0.29) is 89.3 Å². The van der Waals surface area contributed by atoms with Crippen molar-refractivity contribution in [2.75, 3.05) is 0 Å². The van der Waals surface area contributed by atoms with Crippen molar-refractivity contribution in [3.8, 4) is 90.1 Å². The predicted molar refractivity (Wildman–Crippen MR) is 443 cm³/mol. The van der Waals surface area contributed by atoms with Gasteiger partial charge in [0.15, 0.2) is 23.3 Å². The smallest absolute Gasteiger partial charge is 0.324 e. The third kappa shape index (κ3) is 15.6. The molecule has 8 nitrogen and oxygen atoms in total. The number of aromatic amines is 2. The van der Waals surface area contributed by atoms with Crippen LogP contribution < -0.4 is 0 Å². The van der Waals surface area contributed by atoms with Crippen LogP contribution in [0.5, 0.6) is 0 Å². The van der Waals surface area contributed by atoms with Crippen molar-refractivity contribution >= 4 is 87.2 Å². The Hall–Kier alpha value is -12.6. The van der Waals surface area contributed by atoms with E-state index < -0.39 is 228 Å². The van der Waals surface area contributed by atoms with E-state index in [1.54, 1.807) is 107 Å². The van der Waals surface area contributed by atoms with Crippen LogP contribution in [0.25, 0.3) is 177 Å². The maximum absolute atomic E-state index is 15.6. The molecule has 8 bridgehead atoms. The van der Waals surface area contributed by atoms with Gasteiger partial charge in [-0.3, -0.25) is 0 Å². The standard InChI is InChI=1S/C96H66F24N8/c1-85(2,3)49-13-17-61-41(21-49)33-65-73(69(61)45-25-53(89(97,98)99)37-54(26-45)90(100,101)102)81-121-77(65)125-82-74-66(34-42-22-50(86(4,5)6)14-18-62(42)70(74)46-27-55(91(103,104)105)38-56(28-46)92(106,107)108)79(122-82)127-84-76-68(36-44-24-52(88(10,11)12)16-20-64(44)72(76)48-31-59(95(115,116)117)40-60(32-48)96(118,119)120)80(124-84)128-83-75-67(78(123-83)126-81)35-43-23-51(87(7,8)9)15-19-63(43)71(75)47-29-57(93(109,110)111)39-58(30-47)94(112,113)114/h13-40H,1-12H3,(H2,121,122,123,124,125,126,127,128). The number of hydrogen-bond donors (Lipinski definition) is 2. The molecule has 15 aromatic rings. The Morgan fingerprint density at radius 2 is 0.398 bits per heavy atom. The average Bonchev–Trinajstić information content (AvgIpc) is 1.53. The van der Waals surface area contributed by atoms with Gasteiger partial charge in [-0.2, -0.15) is 105 Å². The number of alkyl halides is 24. The van der Waals surface area contributed by atoms with Gasteiger partial charge < -0.3 is 9.97 Å². The number of rotatable bonds is 4. The van der Waals surface area contributed by atoms with Gasteiger partial charge >= 0.3 is 49.4 Å². The molecule has 0 amide bonds. The molecule has 0 spiro atoms. The molecular formula is C96H66F24N8. The first kappa shape index (κ1) is 87.4. The summed E-state index contributed by atoms with van der Waals surface area (Å²) in [6.07, 6.45) is -44.4. The van der Waals surface area contributed by atoms with Crippen LogP contribution in [-0.4, -0.2) is 39.9 Å². The first-order chi connectivity index (χ1) is 58.9. The maximum Gasteiger partial charge on any atom is 0.416 e. The predicted octanol–water partition coefficient (Wildman–Crippen LogP) is 31.5. The molecule has 2 aliphatic rings. The van der Waals surface area contributed by atoms with Gasteiger partial charge in [0.05, 0.1) is 44.5 Å². The third-order valence-electron chi connectivity index (χ3n) is 23.2. The van der Waals surface area contributed by atoms with Crippen LogP contribution in [0.2, 0.25) is 0 Å². The summed E-state index contributed by atoms with van der Waals surface area (Å²) in [4.78, 5) is 36.5. The minimum absolute atomic E-state index is 0.0338. The van der Waals surface area contributed by atoms with Gasteiger partial charge in [-0.05, 0) is 206 Å². The van der Waals surface area contributed by atoms with E-state index in [1.165, 1.54) is 72.8 Å². The molecule has 3 aromatic heterocycles. The second kappa shape index (κ2) is 28.4. The first-order valence-corrected chi connectivity index (χ1v) is 39.4. The van der Waals surface area contributed by atoms with Gasteiger partial charge in [-0.15, -0.1) is 0 Å². The highest BCUT2D eigenvalue weighted by Crippen LogP contribution is 2.56. The molecule has 17 rings (SSSR count). The minimum atomic E-state index is -5.55. The van der Waals surface area contributed by atoms with Gasteiger partial charge in [-0.25, -0.2) is 29.9 Å². The molecule has 0 unspecified atom stereocenters. The molecule has 32 heteroatoms. The number of halogens is 24. The summed E-state index contributed by atoms with van der Waals surface area (Å²) in [7, 11) is 0. The molecule has 0 atom stereocenters. The van der Waals surface area contributed by atoms with Crippen LogP contribution in [0.4, 0.5) is 105 Å². The maximum atomic E-state index is 15.6. The van der Waals surface area contributed by atoms with Gasteiger partial charge in [0, 0.05) is 66.1 Å². The van der Waals surface area contributed by atoms with Gasteiger partial charge in [0.25, 0.3) is 0 Å². The van der Waals surface area contributed by atoms with Crippen molar-refractivity contribution in [3.63, 3.8) is 0 Å². The van der Waals surface area contributed by atoms with Crippen LogP contribution in [0.1, 0.15) is 150 Å². The Morgan fingerprint density at radius 1 is 0.188 bits per heavy atom. The summed E-state index contributed by atoms with van der Waals surface area (Å²) in [5.41, 5.74) is -25.4. The number of benzene rings is 12. The molecule has 658 valence electrons. The Labute approximate surface area is 710 Å². The Balaban J connectivity index is 1.19. The molecule has 0 radical (unpaired) electrons. The minimum Gasteiger partial charge on any atom is -0.324 e. The zero-order valence-corrected chi connectivity index (χ0v) is 68.9. The quantitative estimate of drug-likeness (QED) is 0.170. The van der Waals surface area contributed by atoms with Crippen LogP contribution in [0.15, 0.2) is 170 Å². The van der Waals surface area contributed by atoms with E-state index >= 15 is 105 Å². The Bertz CT molecular complexity index is 6900. The fourth-order valence-electron chi connectivity index (χ4n) is 16.8. The van der Waals surface area contributed by atoms with Crippen LogP contribution in [-0.2, 0) is 71.1 Å². The fourth-order valence-corrected chi connectivity index (χ4v) is 16.8. The number of nitrogens with zero attached hydrogens (tertiary/aromatic N) is 6. The summed E-state index contributed by atoms with van der Waals surface area (Å²) in [6.45, 7) is 21.2. The van der Waals surface area contributed by atoms with Crippen molar-refractivity contribution in [1.82, 2.24) is 39.9 Å². The molecule has 12 aromatic carbocycles. The summed E-state index contributed by atoms with van der Waals surface area (Å²) in [5, 5.41) is -1.81. The Morgan fingerprint density at radius 3 is 0.625 bits per heavy atom. The zero-order valence-electron chi connectivity index (χ0n) is 68.9. The monoisotopic (exact) mass is 1790 g/mol. The van der Waals surface area contributed by atoms with E-state index in [1.807, 2.05) is 0 Å². The fraction of sp³-hybridized carbons (Fsp3) is 0.250. The molecule has 0 fully saturated rings. The summed E-state index contributed by atoms with van der Waals surface area (Å²) >= 11 is 0. The molecule has 2 aliphatic heterocycles. The highest BCUT2D eigenvalue weighted by Gasteiger charge is 2.45. The van der Waals surface area contributed by atoms with Crippen LogP contribution >= 0.6 is 0 Å². The van der Waals surface area contributed by atoms with Crippen molar-refractivity contribution < 1.29 is 105 Å². The summed E-state index contributed by atoms with van der Waals surface area (Å²) in [5.74, 6) is -2.80. The number of nitrogens with one attached hydrogen (secondary N) is 2. The van der Waals surface area contributed by atoms with Crippen molar-refractivity contribution in [2.45, 2.75) is 154 Å². The van der Waals surface area contributed by atoms with E-state index in [9.17, 15) is 0 Å². The van der Waals surface area contributed by atoms with E-state index in [0.717, 1.165) is 0 Å². The normalized spacial score (nSPS) is 13.8. The Kier molecular flexibility index (Phi) is 19.4. The number of H-pyrrole nitrogens is 2. The highest BCUT2D eigenvalue weighted by molar-refractivity contribution is 6.24. The molecular weight excluding hydrogens is 1720 g/mol. The van der Waals surface area contributed by atoms with E-state index in [2.05, 4.69) is 9.97 Å². The number of aromatic nitrogens is 8. The average molecular weight is 1790 g/mol. The molecule has 2 N–H and O–H groups in total. The number of hydrogen-bond acceptors (Lipinski definition) is 6. The SMILES string of the molecule is CC(C)(C)c1ccc2c(-c3cc(C(F)(F)F)cc(C(F)(F)F)c3)c3c(cc2c1)-c1nc-3nc2[nH]c(nc3nc(nc4[nH]c(n1)c1c(-c5cc(C(F)(F)F)cc(C(F)(F)F)c5)c5ccc(C(C)(C)C)cc5cc41)-c1c-3cc3cc(C(C)(C)C)ccc3c1-c1cc(C(F)(F)F)cc(C(F)(F)F)c1)c1c(-c3cc(C(F)(F)F)cc(C(F)(F)F)c3)c3ccc(C(C)(C)C)cc3cc21. The first-order valence-electron chi connectivity index (χ1n) is 39.4. The molecule has 128 heavy (non-hydrogen) atoms. The van der Waals surface area contributed by atoms with E-state index in [4.69, 9.17) is 29.9 Å². The third-order valence-corrected chi connectivity index (χ3v) is 23.2. The highest BCUT2D eigenvalue weighted by atomic mass is 19.4. The molecule has 5 heterocycles. The molecule has 0 saturated heterocycles. The van der Waals surface area contributed by atoms with Crippen LogP contribution in [0.3, 0.4) is 0 Å². The van der Waals surface area contributed by atoms with Gasteiger partial charge in [-0.1, -0.05) is 156 Å². The lowest BCUT2D eigenvalue weighted by molar-refractivity contribution is -0.144. The number of fused-ring (bicyclic) bond motifs is 24. The van der Waals surface area contributed by atoms with Gasteiger partial charge in [0.2, 0.25) is 0 Å². The lowest BCUT2D eigenvalue weighted by Gasteiger charge is -2.22. The lowest BCUT2D eigenvalue weighted by Crippen LogP contribution is -2.11. The summed E-state index contributed by atoms with van der Waals surface area (Å²) in [6, 6.07) is 26.1. The van der Waals surface area contributed by atoms with E-state index in [0.29, 0.717) is 70.8 Å². The van der Waals surface area contributed by atoms with Gasteiger partial charge in [0.1, 0.15) is 22.6 Å².